The van der Waals surface area contributed by atoms with E-state index in [0.29, 0.717) is 12.5 Å². The van der Waals surface area contributed by atoms with Crippen LogP contribution in [0.15, 0.2) is 4.99 Å². The van der Waals surface area contributed by atoms with Crippen LogP contribution in [0.2, 0.25) is 0 Å². The summed E-state index contributed by atoms with van der Waals surface area (Å²) in [4.78, 5) is 4.59. The van der Waals surface area contributed by atoms with Gasteiger partial charge in [0.2, 0.25) is 0 Å². The monoisotopic (exact) mass is 352 g/mol. The summed E-state index contributed by atoms with van der Waals surface area (Å²) in [7, 11) is 0. The standard InChI is InChI=1S/C22H44N2O/c1-2-3-4-5-6-7-8-9-10-11-12-13-14-16-21(17-15-20-25)22-23-18-19-24-22/h21,25H,2-20H2,1H3,(H,23,24). The smallest absolute Gasteiger partial charge is 0.0995 e. The predicted molar refractivity (Wildman–Crippen MR) is 110 cm³/mol. The average molecular weight is 353 g/mol. The number of nitrogens with zero attached hydrogens (tertiary/aromatic N) is 1. The number of aliphatic hydroxyl groups excluding tert-OH is 1. The zero-order valence-electron chi connectivity index (χ0n) is 16.9. The Morgan fingerprint density at radius 2 is 1.32 bits per heavy atom. The highest BCUT2D eigenvalue weighted by Gasteiger charge is 2.17. The molecule has 0 aliphatic carbocycles. The summed E-state index contributed by atoms with van der Waals surface area (Å²) in [5, 5.41) is 12.5. The van der Waals surface area contributed by atoms with Gasteiger partial charge in [-0.3, -0.25) is 4.99 Å². The number of nitrogens with one attached hydrogen (secondary N) is 1. The van der Waals surface area contributed by atoms with Crippen LogP contribution in [-0.2, 0) is 0 Å². The molecule has 0 saturated carbocycles. The van der Waals surface area contributed by atoms with E-state index < -0.39 is 0 Å². The van der Waals surface area contributed by atoms with Gasteiger partial charge in [0.25, 0.3) is 0 Å². The summed E-state index contributed by atoms with van der Waals surface area (Å²) in [6.45, 7) is 4.53. The maximum Gasteiger partial charge on any atom is 0.0995 e. The van der Waals surface area contributed by atoms with Crippen molar-refractivity contribution >= 4 is 5.84 Å². The van der Waals surface area contributed by atoms with Gasteiger partial charge in [0, 0.05) is 19.1 Å². The molecule has 2 N–H and O–H groups in total. The van der Waals surface area contributed by atoms with E-state index in [1.54, 1.807) is 0 Å². The molecule has 3 nitrogen and oxygen atoms in total. The van der Waals surface area contributed by atoms with Crippen molar-refractivity contribution in [1.29, 1.82) is 0 Å². The van der Waals surface area contributed by atoms with Gasteiger partial charge in [-0.25, -0.2) is 0 Å². The molecule has 0 aromatic rings. The van der Waals surface area contributed by atoms with Crippen molar-refractivity contribution in [3.05, 3.63) is 0 Å². The largest absolute Gasteiger partial charge is 0.396 e. The molecular weight excluding hydrogens is 308 g/mol. The van der Waals surface area contributed by atoms with E-state index in [2.05, 4.69) is 17.2 Å². The number of aliphatic imine (C=N–C) groups is 1. The van der Waals surface area contributed by atoms with Crippen molar-refractivity contribution in [2.45, 2.75) is 110 Å². The van der Waals surface area contributed by atoms with Crippen LogP contribution in [0.25, 0.3) is 0 Å². The molecule has 25 heavy (non-hydrogen) atoms. The minimum absolute atomic E-state index is 0.308. The van der Waals surface area contributed by atoms with Gasteiger partial charge in [-0.1, -0.05) is 90.4 Å². The van der Waals surface area contributed by atoms with Gasteiger partial charge in [0.05, 0.1) is 12.4 Å². The Morgan fingerprint density at radius 1 is 0.800 bits per heavy atom. The molecule has 0 fully saturated rings. The number of hydrogen-bond acceptors (Lipinski definition) is 3. The molecular formula is C22H44N2O. The number of hydrogen-bond donors (Lipinski definition) is 2. The number of rotatable bonds is 18. The number of unbranched alkanes of at least 4 members (excludes halogenated alkanes) is 12. The Bertz CT molecular complexity index is 317. The third kappa shape index (κ3) is 12.4. The van der Waals surface area contributed by atoms with Gasteiger partial charge < -0.3 is 10.4 Å². The van der Waals surface area contributed by atoms with Crippen molar-refractivity contribution in [2.75, 3.05) is 19.7 Å². The van der Waals surface area contributed by atoms with Crippen molar-refractivity contribution < 1.29 is 5.11 Å². The molecule has 0 saturated heterocycles. The second kappa shape index (κ2) is 16.9. The van der Waals surface area contributed by atoms with E-state index in [0.717, 1.165) is 25.9 Å². The molecule has 3 heteroatoms. The molecule has 148 valence electrons. The molecule has 1 aliphatic rings. The quantitative estimate of drug-likeness (QED) is 0.304. The normalized spacial score (nSPS) is 15.2. The summed E-state index contributed by atoms with van der Waals surface area (Å²) in [5.74, 6) is 1.77. The van der Waals surface area contributed by atoms with Gasteiger partial charge in [-0.2, -0.15) is 0 Å². The molecule has 1 aliphatic heterocycles. The van der Waals surface area contributed by atoms with Crippen molar-refractivity contribution in [2.24, 2.45) is 10.9 Å². The third-order valence-corrected chi connectivity index (χ3v) is 5.45. The molecule has 0 radical (unpaired) electrons. The first kappa shape index (κ1) is 22.5. The van der Waals surface area contributed by atoms with Crippen LogP contribution in [0.3, 0.4) is 0 Å². The molecule has 1 rings (SSSR count). The van der Waals surface area contributed by atoms with Gasteiger partial charge in [-0.05, 0) is 19.3 Å². The zero-order valence-corrected chi connectivity index (χ0v) is 16.9. The maximum atomic E-state index is 9.08. The lowest BCUT2D eigenvalue weighted by Gasteiger charge is -2.17. The van der Waals surface area contributed by atoms with E-state index in [9.17, 15) is 0 Å². The lowest BCUT2D eigenvalue weighted by Crippen LogP contribution is -2.27. The Balaban J connectivity index is 1.89. The van der Waals surface area contributed by atoms with Crippen LogP contribution in [0.5, 0.6) is 0 Å². The average Bonchev–Trinajstić information content (AvgIpc) is 3.16. The fourth-order valence-corrected chi connectivity index (χ4v) is 3.85. The second-order valence-electron chi connectivity index (χ2n) is 7.79. The minimum atomic E-state index is 0.308. The topological polar surface area (TPSA) is 44.6 Å². The van der Waals surface area contributed by atoms with Gasteiger partial charge in [0.1, 0.15) is 0 Å². The number of amidine groups is 1. The summed E-state index contributed by atoms with van der Waals surface area (Å²) in [6, 6.07) is 0. The fraction of sp³-hybridized carbons (Fsp3) is 0.955. The SMILES string of the molecule is CCCCCCCCCCCCCCCC(CCCO)C1=NCCN1. The van der Waals surface area contributed by atoms with Gasteiger partial charge >= 0.3 is 0 Å². The van der Waals surface area contributed by atoms with Crippen LogP contribution in [0, 0.1) is 5.92 Å². The lowest BCUT2D eigenvalue weighted by atomic mass is 9.94. The van der Waals surface area contributed by atoms with Crippen LogP contribution in [-0.4, -0.2) is 30.6 Å². The minimum Gasteiger partial charge on any atom is -0.396 e. The van der Waals surface area contributed by atoms with Crippen molar-refractivity contribution in [1.82, 2.24) is 5.32 Å². The van der Waals surface area contributed by atoms with Crippen LogP contribution < -0.4 is 5.32 Å². The van der Waals surface area contributed by atoms with Crippen LogP contribution in [0.1, 0.15) is 110 Å². The lowest BCUT2D eigenvalue weighted by molar-refractivity contribution is 0.276. The van der Waals surface area contributed by atoms with E-state index >= 15 is 0 Å². The fourth-order valence-electron chi connectivity index (χ4n) is 3.85. The molecule has 1 atom stereocenters. The van der Waals surface area contributed by atoms with E-state index in [1.165, 1.54) is 95.7 Å². The first-order valence-corrected chi connectivity index (χ1v) is 11.3. The molecule has 0 amide bonds. The Kier molecular flexibility index (Phi) is 15.2. The Hall–Kier alpha value is -0.570. The summed E-state index contributed by atoms with van der Waals surface area (Å²) in [6.07, 6.45) is 21.6. The number of aliphatic hydroxyl groups is 1. The summed E-state index contributed by atoms with van der Waals surface area (Å²) >= 11 is 0. The molecule has 1 heterocycles. The van der Waals surface area contributed by atoms with E-state index in [4.69, 9.17) is 5.11 Å². The van der Waals surface area contributed by atoms with Crippen LogP contribution >= 0.6 is 0 Å². The molecule has 0 bridgehead atoms. The zero-order chi connectivity index (χ0) is 18.0. The first-order valence-electron chi connectivity index (χ1n) is 11.3. The molecule has 0 aromatic heterocycles. The maximum absolute atomic E-state index is 9.08. The highest BCUT2D eigenvalue weighted by molar-refractivity contribution is 5.85. The highest BCUT2D eigenvalue weighted by Crippen LogP contribution is 2.19. The second-order valence-corrected chi connectivity index (χ2v) is 7.79. The van der Waals surface area contributed by atoms with Gasteiger partial charge in [-0.15, -0.1) is 0 Å². The Labute approximate surface area is 157 Å². The van der Waals surface area contributed by atoms with Crippen molar-refractivity contribution in [3.8, 4) is 0 Å². The molecule has 0 spiro atoms. The van der Waals surface area contributed by atoms with Gasteiger partial charge in [0.15, 0.2) is 0 Å². The summed E-state index contributed by atoms with van der Waals surface area (Å²) < 4.78 is 0. The van der Waals surface area contributed by atoms with Crippen molar-refractivity contribution in [3.63, 3.8) is 0 Å². The summed E-state index contributed by atoms with van der Waals surface area (Å²) in [5.41, 5.74) is 0. The molecule has 1 unspecified atom stereocenters. The first-order chi connectivity index (χ1) is 12.4. The van der Waals surface area contributed by atoms with Crippen LogP contribution in [0.4, 0.5) is 0 Å². The molecule has 0 aromatic carbocycles. The van der Waals surface area contributed by atoms with E-state index in [1.807, 2.05) is 0 Å². The van der Waals surface area contributed by atoms with E-state index in [-0.39, 0.29) is 0 Å². The predicted octanol–water partition coefficient (Wildman–Crippen LogP) is 5.86. The Morgan fingerprint density at radius 3 is 1.80 bits per heavy atom. The highest BCUT2D eigenvalue weighted by atomic mass is 16.2. The third-order valence-electron chi connectivity index (χ3n) is 5.45.